The van der Waals surface area contributed by atoms with E-state index in [1.165, 1.54) is 31.2 Å². The van der Waals surface area contributed by atoms with Gasteiger partial charge in [0.1, 0.15) is 0 Å². The van der Waals surface area contributed by atoms with E-state index in [2.05, 4.69) is 22.4 Å². The Kier molecular flexibility index (Phi) is 4.57. The van der Waals surface area contributed by atoms with Gasteiger partial charge in [-0.1, -0.05) is 30.3 Å². The molecule has 132 valence electrons. The fraction of sp³-hybridized carbons (Fsp3) is 0.500. The quantitative estimate of drug-likeness (QED) is 0.774. The molecule has 25 heavy (non-hydrogen) atoms. The molecular formula is C20H26N4O. The van der Waals surface area contributed by atoms with Gasteiger partial charge >= 0.3 is 0 Å². The summed E-state index contributed by atoms with van der Waals surface area (Å²) < 4.78 is 2.03. The van der Waals surface area contributed by atoms with Crippen LogP contribution in [0.4, 0.5) is 0 Å². The Morgan fingerprint density at radius 2 is 1.88 bits per heavy atom. The molecule has 2 aromatic rings. The minimum Gasteiger partial charge on any atom is -0.351 e. The number of hydrogen-bond acceptors (Lipinski definition) is 3. The molecule has 5 nitrogen and oxygen atoms in total. The molecule has 0 radical (unpaired) electrons. The number of amides is 1. The summed E-state index contributed by atoms with van der Waals surface area (Å²) in [6.07, 6.45) is 9.28. The van der Waals surface area contributed by atoms with Gasteiger partial charge < -0.3 is 15.6 Å². The number of nitrogens with zero attached hydrogens (tertiary/aromatic N) is 2. The first-order valence-electron chi connectivity index (χ1n) is 9.29. The molecule has 2 aliphatic rings. The lowest BCUT2D eigenvalue weighted by molar-refractivity contribution is -0.123. The number of hydrogen-bond donors (Lipinski definition) is 2. The monoisotopic (exact) mass is 338 g/mol. The standard InChI is InChI=1S/C20H26N4O/c21-18(20(25)23-19(15-6-7-15)16-8-9-16)10-17-12-24(13-22-17)11-14-4-2-1-3-5-14/h1-5,12-13,15-16,18-19H,6-11,21H2,(H,23,25)/t18-/m0/s1. The van der Waals surface area contributed by atoms with Crippen LogP contribution in [0.25, 0.3) is 0 Å². The SMILES string of the molecule is N[C@@H](Cc1cn(Cc2ccccc2)cn1)C(=O)NC(C1CC1)C1CC1. The van der Waals surface area contributed by atoms with Crippen molar-refractivity contribution in [2.45, 2.75) is 50.7 Å². The van der Waals surface area contributed by atoms with Gasteiger partial charge in [0, 0.05) is 25.2 Å². The minimum absolute atomic E-state index is 0.0265. The molecule has 0 spiro atoms. The third kappa shape index (κ3) is 4.28. The van der Waals surface area contributed by atoms with Gasteiger partial charge in [-0.15, -0.1) is 0 Å². The van der Waals surface area contributed by atoms with Crippen LogP contribution in [0.15, 0.2) is 42.9 Å². The lowest BCUT2D eigenvalue weighted by atomic mass is 10.1. The molecule has 4 rings (SSSR count). The first-order chi connectivity index (χ1) is 12.2. The first-order valence-corrected chi connectivity index (χ1v) is 9.29. The van der Waals surface area contributed by atoms with E-state index in [0.29, 0.717) is 24.3 Å². The van der Waals surface area contributed by atoms with Crippen LogP contribution in [-0.2, 0) is 17.8 Å². The van der Waals surface area contributed by atoms with Gasteiger partial charge in [-0.25, -0.2) is 4.98 Å². The van der Waals surface area contributed by atoms with E-state index in [-0.39, 0.29) is 5.91 Å². The maximum absolute atomic E-state index is 12.4. The normalized spacial score (nSPS) is 18.3. The topological polar surface area (TPSA) is 72.9 Å². The smallest absolute Gasteiger partial charge is 0.237 e. The molecule has 0 aliphatic heterocycles. The molecule has 0 bridgehead atoms. The van der Waals surface area contributed by atoms with Crippen LogP contribution in [-0.4, -0.2) is 27.5 Å². The average molecular weight is 338 g/mol. The van der Waals surface area contributed by atoms with Crippen molar-refractivity contribution < 1.29 is 4.79 Å². The average Bonchev–Trinajstić information content (AvgIpc) is 3.53. The zero-order valence-electron chi connectivity index (χ0n) is 14.5. The lowest BCUT2D eigenvalue weighted by Gasteiger charge is -2.20. The Hall–Kier alpha value is -2.14. The van der Waals surface area contributed by atoms with Gasteiger partial charge in [-0.3, -0.25) is 4.79 Å². The number of rotatable bonds is 8. The van der Waals surface area contributed by atoms with Crippen LogP contribution in [0.5, 0.6) is 0 Å². The van der Waals surface area contributed by atoms with Crippen LogP contribution in [0.1, 0.15) is 36.9 Å². The summed E-state index contributed by atoms with van der Waals surface area (Å²) in [4.78, 5) is 16.9. The predicted molar refractivity (Wildman–Crippen MR) is 96.8 cm³/mol. The molecule has 1 amide bonds. The van der Waals surface area contributed by atoms with Crippen LogP contribution in [0.2, 0.25) is 0 Å². The van der Waals surface area contributed by atoms with Crippen LogP contribution in [0, 0.1) is 11.8 Å². The zero-order valence-corrected chi connectivity index (χ0v) is 14.5. The van der Waals surface area contributed by atoms with Crippen molar-refractivity contribution in [2.24, 2.45) is 17.6 Å². The third-order valence-corrected chi connectivity index (χ3v) is 5.23. The zero-order chi connectivity index (χ0) is 17.2. The number of imidazole rings is 1. The number of carbonyl (C=O) groups excluding carboxylic acids is 1. The molecule has 0 saturated heterocycles. The minimum atomic E-state index is -0.528. The Balaban J connectivity index is 1.31. The Morgan fingerprint density at radius 1 is 1.20 bits per heavy atom. The summed E-state index contributed by atoms with van der Waals surface area (Å²) in [6.45, 7) is 0.778. The molecule has 1 atom stereocenters. The second-order valence-electron chi connectivity index (χ2n) is 7.54. The largest absolute Gasteiger partial charge is 0.351 e. The van der Waals surface area contributed by atoms with Gasteiger partial charge in [0.2, 0.25) is 5.91 Å². The summed E-state index contributed by atoms with van der Waals surface area (Å²) in [5.41, 5.74) is 8.23. The number of nitrogens with one attached hydrogen (secondary N) is 1. The Morgan fingerprint density at radius 3 is 2.52 bits per heavy atom. The number of aromatic nitrogens is 2. The molecule has 2 saturated carbocycles. The van der Waals surface area contributed by atoms with Crippen molar-refractivity contribution in [1.29, 1.82) is 0 Å². The van der Waals surface area contributed by atoms with Gasteiger partial charge in [0.15, 0.2) is 0 Å². The lowest BCUT2D eigenvalue weighted by Crippen LogP contribution is -2.48. The Labute approximate surface area is 148 Å². The number of nitrogens with two attached hydrogens (primary N) is 1. The highest BCUT2D eigenvalue weighted by Gasteiger charge is 2.42. The second kappa shape index (κ2) is 7.00. The highest BCUT2D eigenvalue weighted by Crippen LogP contribution is 2.44. The highest BCUT2D eigenvalue weighted by atomic mass is 16.2. The molecule has 1 aromatic heterocycles. The maximum Gasteiger partial charge on any atom is 0.237 e. The fourth-order valence-corrected chi connectivity index (χ4v) is 3.51. The summed E-state index contributed by atoms with van der Waals surface area (Å²) in [5.74, 6) is 1.35. The first kappa shape index (κ1) is 16.3. The van der Waals surface area contributed by atoms with Crippen LogP contribution >= 0.6 is 0 Å². The van der Waals surface area contributed by atoms with Gasteiger partial charge in [0.25, 0.3) is 0 Å². The van der Waals surface area contributed by atoms with E-state index < -0.39 is 6.04 Å². The molecule has 1 heterocycles. The van der Waals surface area contributed by atoms with Crippen molar-refractivity contribution in [3.8, 4) is 0 Å². The van der Waals surface area contributed by atoms with Crippen molar-refractivity contribution in [3.05, 3.63) is 54.1 Å². The summed E-state index contributed by atoms with van der Waals surface area (Å²) in [6, 6.07) is 10.1. The predicted octanol–water partition coefficient (Wildman–Crippen LogP) is 2.11. The van der Waals surface area contributed by atoms with E-state index in [1.807, 2.05) is 35.3 Å². The van der Waals surface area contributed by atoms with Crippen LogP contribution < -0.4 is 11.1 Å². The van der Waals surface area contributed by atoms with E-state index in [0.717, 1.165) is 12.2 Å². The molecule has 3 N–H and O–H groups in total. The molecule has 2 aliphatic carbocycles. The number of carbonyl (C=O) groups is 1. The van der Waals surface area contributed by atoms with Gasteiger partial charge in [0.05, 0.1) is 18.1 Å². The second-order valence-corrected chi connectivity index (χ2v) is 7.54. The summed E-state index contributed by atoms with van der Waals surface area (Å²) in [7, 11) is 0. The van der Waals surface area contributed by atoms with Crippen molar-refractivity contribution in [3.63, 3.8) is 0 Å². The highest BCUT2D eigenvalue weighted by molar-refractivity contribution is 5.82. The molecule has 2 fully saturated rings. The summed E-state index contributed by atoms with van der Waals surface area (Å²) in [5, 5.41) is 3.21. The van der Waals surface area contributed by atoms with E-state index in [1.54, 1.807) is 0 Å². The van der Waals surface area contributed by atoms with E-state index in [4.69, 9.17) is 5.73 Å². The van der Waals surface area contributed by atoms with Crippen molar-refractivity contribution in [2.75, 3.05) is 0 Å². The van der Waals surface area contributed by atoms with Gasteiger partial charge in [-0.2, -0.15) is 0 Å². The van der Waals surface area contributed by atoms with E-state index in [9.17, 15) is 4.79 Å². The van der Waals surface area contributed by atoms with E-state index >= 15 is 0 Å². The molecule has 5 heteroatoms. The molecule has 1 aromatic carbocycles. The van der Waals surface area contributed by atoms with Gasteiger partial charge in [-0.05, 0) is 43.1 Å². The fourth-order valence-electron chi connectivity index (χ4n) is 3.51. The maximum atomic E-state index is 12.4. The van der Waals surface area contributed by atoms with Crippen LogP contribution in [0.3, 0.4) is 0 Å². The van der Waals surface area contributed by atoms with Crippen molar-refractivity contribution in [1.82, 2.24) is 14.9 Å². The summed E-state index contributed by atoms with van der Waals surface area (Å²) >= 11 is 0. The molecule has 0 unspecified atom stereocenters. The number of benzene rings is 1. The van der Waals surface area contributed by atoms with Crippen molar-refractivity contribution >= 4 is 5.91 Å². The molecular weight excluding hydrogens is 312 g/mol. The Bertz CT molecular complexity index is 706. The third-order valence-electron chi connectivity index (χ3n) is 5.23.